The van der Waals surface area contributed by atoms with Crippen LogP contribution >= 0.6 is 0 Å². The van der Waals surface area contributed by atoms with Gasteiger partial charge in [-0.1, -0.05) is 0 Å². The molecule has 2 aromatic heterocycles. The predicted octanol–water partition coefficient (Wildman–Crippen LogP) is 2.62. The fraction of sp³-hybridized carbons (Fsp3) is 0.632. The molecular formula is C19H30N6. The molecule has 0 radical (unpaired) electrons. The average Bonchev–Trinajstić information content (AvgIpc) is 2.90. The zero-order chi connectivity index (χ0) is 17.8. The third-order valence-electron chi connectivity index (χ3n) is 5.07. The van der Waals surface area contributed by atoms with Crippen molar-refractivity contribution in [3.05, 3.63) is 34.4 Å². The summed E-state index contributed by atoms with van der Waals surface area (Å²) in [7, 11) is 0. The SMILES string of the molecule is Cc1cc(C)nc(N2CCC(NCCCc3c(C)n[nH]c3C)CC2)n1. The van der Waals surface area contributed by atoms with Crippen LogP contribution in [0.2, 0.25) is 0 Å². The number of nitrogens with zero attached hydrogens (tertiary/aromatic N) is 4. The quantitative estimate of drug-likeness (QED) is 0.790. The van der Waals surface area contributed by atoms with Gasteiger partial charge >= 0.3 is 0 Å². The number of hydrogen-bond acceptors (Lipinski definition) is 5. The van der Waals surface area contributed by atoms with Crippen LogP contribution in [0.4, 0.5) is 5.95 Å². The number of H-pyrrole nitrogens is 1. The lowest BCUT2D eigenvalue weighted by molar-refractivity contribution is 0.410. The second-order valence-electron chi connectivity index (χ2n) is 7.18. The first kappa shape index (κ1) is 17.9. The van der Waals surface area contributed by atoms with Crippen LogP contribution in [0, 0.1) is 27.7 Å². The van der Waals surface area contributed by atoms with Crippen LogP contribution in [0.25, 0.3) is 0 Å². The van der Waals surface area contributed by atoms with Crippen molar-refractivity contribution in [3.8, 4) is 0 Å². The van der Waals surface area contributed by atoms with E-state index in [4.69, 9.17) is 0 Å². The van der Waals surface area contributed by atoms with E-state index in [1.54, 1.807) is 0 Å². The van der Waals surface area contributed by atoms with Crippen LogP contribution in [0.15, 0.2) is 6.07 Å². The van der Waals surface area contributed by atoms with Gasteiger partial charge in [-0.05, 0) is 71.6 Å². The lowest BCUT2D eigenvalue weighted by Gasteiger charge is -2.32. The molecule has 3 rings (SSSR count). The van der Waals surface area contributed by atoms with Gasteiger partial charge in [0.25, 0.3) is 0 Å². The maximum Gasteiger partial charge on any atom is 0.225 e. The Bertz CT molecular complexity index is 660. The summed E-state index contributed by atoms with van der Waals surface area (Å²) in [4.78, 5) is 11.5. The fourth-order valence-corrected chi connectivity index (χ4v) is 3.65. The van der Waals surface area contributed by atoms with Crippen molar-refractivity contribution in [2.75, 3.05) is 24.5 Å². The molecule has 6 heteroatoms. The number of hydrogen-bond donors (Lipinski definition) is 2. The highest BCUT2D eigenvalue weighted by Crippen LogP contribution is 2.17. The van der Waals surface area contributed by atoms with Crippen LogP contribution in [-0.4, -0.2) is 45.8 Å². The molecule has 1 fully saturated rings. The molecule has 136 valence electrons. The molecule has 2 N–H and O–H groups in total. The lowest BCUT2D eigenvalue weighted by atomic mass is 10.0. The Morgan fingerprint density at radius 3 is 2.40 bits per heavy atom. The Morgan fingerprint density at radius 2 is 1.80 bits per heavy atom. The molecule has 6 nitrogen and oxygen atoms in total. The van der Waals surface area contributed by atoms with Gasteiger partial charge in [0.15, 0.2) is 0 Å². The Balaban J connectivity index is 1.41. The Morgan fingerprint density at radius 1 is 1.12 bits per heavy atom. The van der Waals surface area contributed by atoms with E-state index < -0.39 is 0 Å². The van der Waals surface area contributed by atoms with Crippen molar-refractivity contribution >= 4 is 5.95 Å². The number of nitrogens with one attached hydrogen (secondary N) is 2. The summed E-state index contributed by atoms with van der Waals surface area (Å²) in [5, 5.41) is 11.1. The zero-order valence-electron chi connectivity index (χ0n) is 15.9. The maximum atomic E-state index is 4.59. The lowest BCUT2D eigenvalue weighted by Crippen LogP contribution is -2.43. The Hall–Kier alpha value is -1.95. The first-order valence-corrected chi connectivity index (χ1v) is 9.34. The highest BCUT2D eigenvalue weighted by molar-refractivity contribution is 5.32. The molecule has 1 aliphatic rings. The van der Waals surface area contributed by atoms with Crippen molar-refractivity contribution in [2.45, 2.75) is 59.4 Å². The van der Waals surface area contributed by atoms with Crippen molar-refractivity contribution in [1.29, 1.82) is 0 Å². The number of aromatic amines is 1. The van der Waals surface area contributed by atoms with Crippen molar-refractivity contribution in [1.82, 2.24) is 25.5 Å². The third-order valence-corrected chi connectivity index (χ3v) is 5.07. The standard InChI is InChI=1S/C19H30N6/c1-13-12-14(2)22-19(21-13)25-10-7-17(8-11-25)20-9-5-6-18-15(3)23-24-16(18)4/h12,17,20H,5-11H2,1-4H3,(H,23,24). The van der Waals surface area contributed by atoms with Crippen molar-refractivity contribution in [2.24, 2.45) is 0 Å². The van der Waals surface area contributed by atoms with Gasteiger partial charge < -0.3 is 10.2 Å². The summed E-state index contributed by atoms with van der Waals surface area (Å²) in [5.41, 5.74) is 5.82. The van der Waals surface area contributed by atoms with E-state index in [1.807, 2.05) is 19.9 Å². The highest BCUT2D eigenvalue weighted by atomic mass is 15.3. The van der Waals surface area contributed by atoms with Gasteiger partial charge in [-0.3, -0.25) is 5.10 Å². The third kappa shape index (κ3) is 4.57. The second kappa shape index (κ2) is 7.95. The molecule has 0 unspecified atom stereocenters. The molecule has 0 spiro atoms. The van der Waals surface area contributed by atoms with Crippen LogP contribution in [0.3, 0.4) is 0 Å². The maximum absolute atomic E-state index is 4.59. The second-order valence-corrected chi connectivity index (χ2v) is 7.18. The normalized spacial score (nSPS) is 15.8. The molecule has 3 heterocycles. The number of aromatic nitrogens is 4. The van der Waals surface area contributed by atoms with E-state index in [0.29, 0.717) is 6.04 Å². The minimum Gasteiger partial charge on any atom is -0.341 e. The van der Waals surface area contributed by atoms with Gasteiger partial charge in [-0.15, -0.1) is 0 Å². The first-order valence-electron chi connectivity index (χ1n) is 9.34. The minimum absolute atomic E-state index is 0.605. The molecule has 25 heavy (non-hydrogen) atoms. The van der Waals surface area contributed by atoms with Gasteiger partial charge in [0.1, 0.15) is 0 Å². The zero-order valence-corrected chi connectivity index (χ0v) is 15.9. The van der Waals surface area contributed by atoms with Gasteiger partial charge in [0, 0.05) is 36.2 Å². The average molecular weight is 342 g/mol. The van der Waals surface area contributed by atoms with Crippen LogP contribution in [0.5, 0.6) is 0 Å². The number of piperidine rings is 1. The van der Waals surface area contributed by atoms with E-state index >= 15 is 0 Å². The van der Waals surface area contributed by atoms with Crippen molar-refractivity contribution in [3.63, 3.8) is 0 Å². The molecule has 1 saturated heterocycles. The molecular weight excluding hydrogens is 312 g/mol. The molecule has 0 saturated carbocycles. The number of anilines is 1. The summed E-state index contributed by atoms with van der Waals surface area (Å²) < 4.78 is 0. The fourth-order valence-electron chi connectivity index (χ4n) is 3.65. The molecule has 0 amide bonds. The van der Waals surface area contributed by atoms with Gasteiger partial charge in [0.05, 0.1) is 5.69 Å². The number of rotatable bonds is 6. The van der Waals surface area contributed by atoms with Crippen LogP contribution in [-0.2, 0) is 6.42 Å². The molecule has 2 aromatic rings. The number of aryl methyl sites for hydroxylation is 4. The molecule has 0 aliphatic carbocycles. The minimum atomic E-state index is 0.605. The summed E-state index contributed by atoms with van der Waals surface area (Å²) in [6.07, 6.45) is 4.55. The van der Waals surface area contributed by atoms with E-state index in [0.717, 1.165) is 68.3 Å². The first-order chi connectivity index (χ1) is 12.0. The predicted molar refractivity (Wildman–Crippen MR) is 101 cm³/mol. The van der Waals surface area contributed by atoms with Gasteiger partial charge in [0.2, 0.25) is 5.95 Å². The monoisotopic (exact) mass is 342 g/mol. The van der Waals surface area contributed by atoms with E-state index in [-0.39, 0.29) is 0 Å². The molecule has 0 bridgehead atoms. The van der Waals surface area contributed by atoms with Gasteiger partial charge in [-0.2, -0.15) is 5.10 Å². The molecule has 0 atom stereocenters. The highest BCUT2D eigenvalue weighted by Gasteiger charge is 2.20. The Labute approximate surface area is 150 Å². The van der Waals surface area contributed by atoms with E-state index in [2.05, 4.69) is 44.2 Å². The van der Waals surface area contributed by atoms with Crippen LogP contribution < -0.4 is 10.2 Å². The Kier molecular flexibility index (Phi) is 5.68. The van der Waals surface area contributed by atoms with Crippen LogP contribution in [0.1, 0.15) is 47.6 Å². The van der Waals surface area contributed by atoms with Crippen molar-refractivity contribution < 1.29 is 0 Å². The topological polar surface area (TPSA) is 69.7 Å². The summed E-state index contributed by atoms with van der Waals surface area (Å²) in [6, 6.07) is 2.63. The molecule has 0 aromatic carbocycles. The van der Waals surface area contributed by atoms with E-state index in [1.165, 1.54) is 11.3 Å². The summed E-state index contributed by atoms with van der Waals surface area (Å²) >= 11 is 0. The van der Waals surface area contributed by atoms with E-state index in [9.17, 15) is 0 Å². The molecule has 1 aliphatic heterocycles. The summed E-state index contributed by atoms with van der Waals surface area (Å²) in [5.74, 6) is 0.891. The summed E-state index contributed by atoms with van der Waals surface area (Å²) in [6.45, 7) is 11.4. The largest absolute Gasteiger partial charge is 0.341 e. The van der Waals surface area contributed by atoms with Gasteiger partial charge in [-0.25, -0.2) is 9.97 Å². The smallest absolute Gasteiger partial charge is 0.225 e.